The SMILES string of the molecule is COCCn1c(=NC(=O)C2CCCCN2S(C)(=O)=O)sc2cc(C)c(C)cc21. The van der Waals surface area contributed by atoms with E-state index in [-0.39, 0.29) is 0 Å². The van der Waals surface area contributed by atoms with Crippen LogP contribution in [-0.2, 0) is 26.1 Å². The van der Waals surface area contributed by atoms with Gasteiger partial charge in [0.2, 0.25) is 10.0 Å². The molecule has 154 valence electrons. The molecule has 3 rings (SSSR count). The van der Waals surface area contributed by atoms with E-state index in [1.165, 1.54) is 26.8 Å². The summed E-state index contributed by atoms with van der Waals surface area (Å²) < 4.78 is 33.7. The van der Waals surface area contributed by atoms with Crippen molar-refractivity contribution in [2.45, 2.75) is 45.7 Å². The summed E-state index contributed by atoms with van der Waals surface area (Å²) in [6.45, 7) is 5.56. The molecule has 7 nitrogen and oxygen atoms in total. The minimum Gasteiger partial charge on any atom is -0.383 e. The van der Waals surface area contributed by atoms with Crippen molar-refractivity contribution in [2.24, 2.45) is 4.99 Å². The quantitative estimate of drug-likeness (QED) is 0.736. The van der Waals surface area contributed by atoms with Crippen molar-refractivity contribution in [3.05, 3.63) is 28.1 Å². The molecule has 1 saturated heterocycles. The molecule has 1 aliphatic heterocycles. The van der Waals surface area contributed by atoms with Gasteiger partial charge in [-0.3, -0.25) is 4.79 Å². The van der Waals surface area contributed by atoms with Crippen LogP contribution in [-0.4, -0.2) is 55.8 Å². The van der Waals surface area contributed by atoms with Gasteiger partial charge >= 0.3 is 0 Å². The van der Waals surface area contributed by atoms with Crippen LogP contribution in [0.5, 0.6) is 0 Å². The van der Waals surface area contributed by atoms with Gasteiger partial charge in [0, 0.05) is 20.2 Å². The van der Waals surface area contributed by atoms with Crippen LogP contribution in [0.4, 0.5) is 0 Å². The van der Waals surface area contributed by atoms with Gasteiger partial charge in [0.1, 0.15) is 6.04 Å². The summed E-state index contributed by atoms with van der Waals surface area (Å²) in [6, 6.07) is 3.49. The molecule has 0 bridgehead atoms. The van der Waals surface area contributed by atoms with E-state index < -0.39 is 22.0 Å². The zero-order valence-electron chi connectivity index (χ0n) is 16.8. The number of nitrogens with zero attached hydrogens (tertiary/aromatic N) is 3. The highest BCUT2D eigenvalue weighted by atomic mass is 32.2. The van der Waals surface area contributed by atoms with Crippen LogP contribution in [0.1, 0.15) is 30.4 Å². The molecule has 0 N–H and O–H groups in total. The molecule has 9 heteroatoms. The van der Waals surface area contributed by atoms with Gasteiger partial charge in [0.15, 0.2) is 4.80 Å². The Morgan fingerprint density at radius 1 is 1.29 bits per heavy atom. The van der Waals surface area contributed by atoms with Crippen molar-refractivity contribution in [2.75, 3.05) is 26.5 Å². The summed E-state index contributed by atoms with van der Waals surface area (Å²) in [6.07, 6.45) is 3.26. The highest BCUT2D eigenvalue weighted by Gasteiger charge is 2.34. The maximum absolute atomic E-state index is 13.0. The summed E-state index contributed by atoms with van der Waals surface area (Å²) in [7, 11) is -1.81. The lowest BCUT2D eigenvalue weighted by molar-refractivity contribution is -0.122. The fourth-order valence-electron chi connectivity index (χ4n) is 3.52. The van der Waals surface area contributed by atoms with Crippen molar-refractivity contribution in [3.63, 3.8) is 0 Å². The number of hydrogen-bond donors (Lipinski definition) is 0. The van der Waals surface area contributed by atoms with Gasteiger partial charge in [-0.25, -0.2) is 8.42 Å². The minimum absolute atomic E-state index is 0.374. The van der Waals surface area contributed by atoms with Crippen LogP contribution in [0.2, 0.25) is 0 Å². The number of hydrogen-bond acceptors (Lipinski definition) is 5. The fraction of sp³-hybridized carbons (Fsp3) is 0.579. The molecule has 1 fully saturated rings. The first kappa shape index (κ1) is 21.2. The predicted octanol–water partition coefficient (Wildman–Crippen LogP) is 2.21. The van der Waals surface area contributed by atoms with Gasteiger partial charge in [-0.2, -0.15) is 9.30 Å². The van der Waals surface area contributed by atoms with Gasteiger partial charge in [0.05, 0.1) is 23.1 Å². The summed E-state index contributed by atoms with van der Waals surface area (Å²) in [5.74, 6) is -0.392. The zero-order chi connectivity index (χ0) is 20.5. The third kappa shape index (κ3) is 4.37. The topological polar surface area (TPSA) is 81.0 Å². The van der Waals surface area contributed by atoms with E-state index in [1.807, 2.05) is 4.57 Å². The highest BCUT2D eigenvalue weighted by molar-refractivity contribution is 7.88. The van der Waals surface area contributed by atoms with Gasteiger partial charge in [-0.1, -0.05) is 17.8 Å². The monoisotopic (exact) mass is 425 g/mol. The average molecular weight is 426 g/mol. The van der Waals surface area contributed by atoms with E-state index in [2.05, 4.69) is 31.0 Å². The number of carbonyl (C=O) groups excluding carboxylic acids is 1. The lowest BCUT2D eigenvalue weighted by atomic mass is 10.0. The summed E-state index contributed by atoms with van der Waals surface area (Å²) in [5.41, 5.74) is 3.37. The number of sulfonamides is 1. The molecule has 1 atom stereocenters. The fourth-order valence-corrected chi connectivity index (χ4v) is 5.78. The number of thiazole rings is 1. The molecule has 0 spiro atoms. The molecular formula is C19H27N3O4S2. The van der Waals surface area contributed by atoms with E-state index in [9.17, 15) is 13.2 Å². The Kier molecular flexibility index (Phi) is 6.38. The first-order valence-electron chi connectivity index (χ1n) is 9.37. The minimum atomic E-state index is -3.44. The normalized spacial score (nSPS) is 19.4. The van der Waals surface area contributed by atoms with E-state index in [0.29, 0.717) is 30.9 Å². The van der Waals surface area contributed by atoms with Crippen LogP contribution in [0.25, 0.3) is 10.2 Å². The largest absolute Gasteiger partial charge is 0.383 e. The van der Waals surface area contributed by atoms with E-state index in [1.54, 1.807) is 7.11 Å². The maximum atomic E-state index is 13.0. The predicted molar refractivity (Wildman–Crippen MR) is 111 cm³/mol. The number of fused-ring (bicyclic) bond motifs is 1. The first-order valence-corrected chi connectivity index (χ1v) is 12.0. The molecular weight excluding hydrogens is 398 g/mol. The number of piperidine rings is 1. The van der Waals surface area contributed by atoms with Crippen molar-refractivity contribution < 1.29 is 17.9 Å². The molecule has 0 aliphatic carbocycles. The number of amides is 1. The third-order valence-corrected chi connectivity index (χ3v) is 7.52. The van der Waals surface area contributed by atoms with Gasteiger partial charge < -0.3 is 9.30 Å². The molecule has 1 unspecified atom stereocenters. The van der Waals surface area contributed by atoms with Crippen LogP contribution in [0.15, 0.2) is 17.1 Å². The van der Waals surface area contributed by atoms with E-state index in [0.717, 1.165) is 29.3 Å². The Morgan fingerprint density at radius 2 is 2.00 bits per heavy atom. The van der Waals surface area contributed by atoms with Crippen molar-refractivity contribution in [1.29, 1.82) is 0 Å². The second-order valence-electron chi connectivity index (χ2n) is 7.27. The molecule has 2 aromatic rings. The lowest BCUT2D eigenvalue weighted by Gasteiger charge is -2.31. The van der Waals surface area contributed by atoms with E-state index >= 15 is 0 Å². The van der Waals surface area contributed by atoms with Gasteiger partial charge in [0.25, 0.3) is 5.91 Å². The summed E-state index contributed by atoms with van der Waals surface area (Å²) in [4.78, 5) is 17.9. The molecule has 1 aromatic heterocycles. The van der Waals surface area contributed by atoms with Gasteiger partial charge in [-0.05, 0) is 49.9 Å². The molecule has 1 amide bonds. The van der Waals surface area contributed by atoms with Crippen LogP contribution < -0.4 is 4.80 Å². The first-order chi connectivity index (χ1) is 13.2. The van der Waals surface area contributed by atoms with Crippen LogP contribution in [0, 0.1) is 13.8 Å². The van der Waals surface area contributed by atoms with Crippen molar-refractivity contribution >= 4 is 37.5 Å². The van der Waals surface area contributed by atoms with Crippen LogP contribution >= 0.6 is 11.3 Å². The molecule has 1 aromatic carbocycles. The number of methoxy groups -OCH3 is 1. The molecule has 1 aliphatic rings. The Morgan fingerprint density at radius 3 is 2.68 bits per heavy atom. The zero-order valence-corrected chi connectivity index (χ0v) is 18.4. The van der Waals surface area contributed by atoms with E-state index in [4.69, 9.17) is 4.74 Å². The highest BCUT2D eigenvalue weighted by Crippen LogP contribution is 2.23. The molecule has 0 saturated carbocycles. The average Bonchev–Trinajstić information content (AvgIpc) is 2.95. The molecule has 2 heterocycles. The summed E-state index contributed by atoms with van der Waals surface area (Å²) in [5, 5.41) is 0. The molecule has 28 heavy (non-hydrogen) atoms. The van der Waals surface area contributed by atoms with Crippen molar-refractivity contribution in [3.8, 4) is 0 Å². The smallest absolute Gasteiger partial charge is 0.266 e. The third-order valence-electron chi connectivity index (χ3n) is 5.19. The number of aromatic nitrogens is 1. The molecule has 0 radical (unpaired) electrons. The lowest BCUT2D eigenvalue weighted by Crippen LogP contribution is -2.47. The van der Waals surface area contributed by atoms with Crippen molar-refractivity contribution in [1.82, 2.24) is 8.87 Å². The maximum Gasteiger partial charge on any atom is 0.266 e. The number of benzene rings is 1. The number of rotatable bonds is 5. The summed E-state index contributed by atoms with van der Waals surface area (Å²) >= 11 is 1.45. The van der Waals surface area contributed by atoms with Crippen LogP contribution in [0.3, 0.4) is 0 Å². The second kappa shape index (κ2) is 8.44. The Hall–Kier alpha value is -1.55. The number of aryl methyl sites for hydroxylation is 2. The standard InChI is InChI=1S/C19H27N3O4S2/c1-13-11-16-17(12-14(13)2)27-19(21(16)9-10-26-3)20-18(23)15-7-5-6-8-22(15)28(4,24)25/h11-12,15H,5-10H2,1-4H3. The number of carbonyl (C=O) groups is 1. The number of ether oxygens (including phenoxy) is 1. The Balaban J connectivity index is 2.07. The second-order valence-corrected chi connectivity index (χ2v) is 10.2. The Bertz CT molecular complexity index is 1050. The Labute approximate surface area is 169 Å². The van der Waals surface area contributed by atoms with Gasteiger partial charge in [-0.15, -0.1) is 0 Å².